The van der Waals surface area contributed by atoms with Crippen molar-refractivity contribution in [3.05, 3.63) is 93.1 Å². The Balaban J connectivity index is 1.80. The van der Waals surface area contributed by atoms with Crippen molar-refractivity contribution in [2.45, 2.75) is 6.42 Å². The van der Waals surface area contributed by atoms with Crippen molar-refractivity contribution in [2.75, 3.05) is 0 Å². The normalized spacial score (nSPS) is 11.3. The van der Waals surface area contributed by atoms with Crippen LogP contribution in [-0.4, -0.2) is 11.7 Å². The summed E-state index contributed by atoms with van der Waals surface area (Å²) in [4.78, 5) is 18.2. The maximum atomic E-state index is 12.1. The number of oxime groups is 1. The number of thiophene rings is 1. The molecule has 0 fully saturated rings. The molecule has 0 spiro atoms. The molecular weight excluding hydrogens is 342 g/mol. The fourth-order valence-electron chi connectivity index (χ4n) is 2.16. The fourth-order valence-corrected chi connectivity index (χ4v) is 3.06. The van der Waals surface area contributed by atoms with Crippen molar-refractivity contribution in [3.8, 4) is 0 Å². The van der Waals surface area contributed by atoms with Gasteiger partial charge in [-0.25, -0.2) is 4.79 Å². The third kappa shape index (κ3) is 4.31. The van der Waals surface area contributed by atoms with Crippen LogP contribution in [0.3, 0.4) is 0 Å². The minimum atomic E-state index is -0.528. The predicted molar refractivity (Wildman–Crippen MR) is 97.9 cm³/mol. The van der Waals surface area contributed by atoms with E-state index in [1.165, 1.54) is 0 Å². The highest BCUT2D eigenvalue weighted by Crippen LogP contribution is 2.16. The van der Waals surface area contributed by atoms with Crippen molar-refractivity contribution >= 4 is 34.6 Å². The highest BCUT2D eigenvalue weighted by atomic mass is 35.5. The minimum Gasteiger partial charge on any atom is -0.312 e. The fraction of sp³-hybridized carbons (Fsp3) is 0.0526. The van der Waals surface area contributed by atoms with Gasteiger partial charge in [-0.1, -0.05) is 59.2 Å². The summed E-state index contributed by atoms with van der Waals surface area (Å²) in [5, 5.41) is 6.55. The quantitative estimate of drug-likeness (QED) is 0.358. The number of nitrogens with zero attached hydrogens (tertiary/aromatic N) is 1. The summed E-state index contributed by atoms with van der Waals surface area (Å²) in [6, 6.07) is 20.4. The molecule has 3 rings (SSSR count). The predicted octanol–water partition coefficient (Wildman–Crippen LogP) is 5.21. The maximum Gasteiger partial charge on any atom is 0.365 e. The van der Waals surface area contributed by atoms with E-state index in [1.54, 1.807) is 35.6 Å². The van der Waals surface area contributed by atoms with E-state index in [0.29, 0.717) is 22.7 Å². The first-order valence-electron chi connectivity index (χ1n) is 7.34. The molecule has 3 nitrogen and oxygen atoms in total. The lowest BCUT2D eigenvalue weighted by atomic mass is 10.1. The second-order valence-electron chi connectivity index (χ2n) is 5.07. The van der Waals surface area contributed by atoms with Gasteiger partial charge in [0.15, 0.2) is 0 Å². The van der Waals surface area contributed by atoms with Gasteiger partial charge in [-0.3, -0.25) is 0 Å². The van der Waals surface area contributed by atoms with E-state index in [-0.39, 0.29) is 0 Å². The largest absolute Gasteiger partial charge is 0.365 e. The Morgan fingerprint density at radius 1 is 1.04 bits per heavy atom. The molecule has 0 unspecified atom stereocenters. The highest BCUT2D eigenvalue weighted by molar-refractivity contribution is 7.12. The number of rotatable bonds is 5. The molecule has 2 aromatic carbocycles. The van der Waals surface area contributed by atoms with Crippen LogP contribution < -0.4 is 0 Å². The summed E-state index contributed by atoms with van der Waals surface area (Å²) in [6.07, 6.45) is 0.587. The molecule has 0 bridgehead atoms. The van der Waals surface area contributed by atoms with Gasteiger partial charge in [0, 0.05) is 11.4 Å². The van der Waals surface area contributed by atoms with Crippen LogP contribution in [0.15, 0.2) is 77.3 Å². The summed E-state index contributed by atoms with van der Waals surface area (Å²) in [5.74, 6) is -0.528. The summed E-state index contributed by atoms with van der Waals surface area (Å²) in [5.41, 5.74) is 2.19. The average Bonchev–Trinajstić information content (AvgIpc) is 3.13. The number of halogens is 1. The first-order valence-corrected chi connectivity index (χ1v) is 8.60. The number of hydrogen-bond acceptors (Lipinski definition) is 4. The van der Waals surface area contributed by atoms with Crippen molar-refractivity contribution in [1.29, 1.82) is 0 Å². The Morgan fingerprint density at radius 2 is 1.88 bits per heavy atom. The molecule has 0 aliphatic rings. The van der Waals surface area contributed by atoms with Crippen molar-refractivity contribution in [3.63, 3.8) is 0 Å². The second kappa shape index (κ2) is 7.90. The van der Waals surface area contributed by atoms with E-state index in [1.807, 2.05) is 47.8 Å². The lowest BCUT2D eigenvalue weighted by molar-refractivity contribution is 0.0516. The molecule has 0 aliphatic heterocycles. The molecule has 0 amide bonds. The summed E-state index contributed by atoms with van der Waals surface area (Å²) < 4.78 is 0. The van der Waals surface area contributed by atoms with Crippen molar-refractivity contribution in [2.24, 2.45) is 5.16 Å². The van der Waals surface area contributed by atoms with Gasteiger partial charge in [0.1, 0.15) is 5.71 Å². The van der Waals surface area contributed by atoms with Crippen LogP contribution in [0.25, 0.3) is 0 Å². The molecule has 0 atom stereocenters. The number of hydrogen-bond donors (Lipinski definition) is 0. The summed E-state index contributed by atoms with van der Waals surface area (Å²) >= 11 is 7.46. The SMILES string of the molecule is O=C(O/N=C(\Cc1ccccc1)c1cccs1)c1cccc(Cl)c1. The molecule has 0 saturated carbocycles. The second-order valence-corrected chi connectivity index (χ2v) is 6.45. The van der Waals surface area contributed by atoms with Crippen LogP contribution in [-0.2, 0) is 11.3 Å². The molecule has 120 valence electrons. The first-order chi connectivity index (χ1) is 11.7. The van der Waals surface area contributed by atoms with Crippen LogP contribution in [0.1, 0.15) is 20.8 Å². The van der Waals surface area contributed by atoms with Gasteiger partial charge in [-0.05, 0) is 35.2 Å². The van der Waals surface area contributed by atoms with Crippen molar-refractivity contribution < 1.29 is 9.63 Å². The number of carbonyl (C=O) groups excluding carboxylic acids is 1. The van der Waals surface area contributed by atoms with Gasteiger partial charge in [-0.15, -0.1) is 11.3 Å². The average molecular weight is 356 g/mol. The highest BCUT2D eigenvalue weighted by Gasteiger charge is 2.11. The third-order valence-electron chi connectivity index (χ3n) is 3.32. The van der Waals surface area contributed by atoms with Crippen LogP contribution in [0.2, 0.25) is 5.02 Å². The van der Waals surface area contributed by atoms with Gasteiger partial charge in [0.05, 0.1) is 10.4 Å². The first kappa shape index (κ1) is 16.4. The van der Waals surface area contributed by atoms with Crippen LogP contribution in [0, 0.1) is 0 Å². The minimum absolute atomic E-state index is 0.372. The van der Waals surface area contributed by atoms with Crippen LogP contribution >= 0.6 is 22.9 Å². The van der Waals surface area contributed by atoms with Gasteiger partial charge in [0.25, 0.3) is 0 Å². The van der Waals surface area contributed by atoms with Crippen molar-refractivity contribution in [1.82, 2.24) is 0 Å². The van der Waals surface area contributed by atoms with E-state index in [2.05, 4.69) is 5.16 Å². The smallest absolute Gasteiger partial charge is 0.312 e. The lowest BCUT2D eigenvalue weighted by Gasteiger charge is -2.05. The Bertz CT molecular complexity index is 845. The number of carbonyl (C=O) groups is 1. The molecule has 5 heteroatoms. The number of benzene rings is 2. The molecule has 0 aliphatic carbocycles. The van der Waals surface area contributed by atoms with Gasteiger partial charge in [0.2, 0.25) is 0 Å². The molecule has 0 saturated heterocycles. The molecule has 24 heavy (non-hydrogen) atoms. The zero-order chi connectivity index (χ0) is 16.8. The zero-order valence-corrected chi connectivity index (χ0v) is 14.3. The Labute approximate surface area is 149 Å². The molecule has 1 heterocycles. The molecule has 3 aromatic rings. The van der Waals surface area contributed by atoms with Gasteiger partial charge in [-0.2, -0.15) is 0 Å². The molecule has 0 N–H and O–H groups in total. The Kier molecular flexibility index (Phi) is 5.41. The molecule has 1 aromatic heterocycles. The lowest BCUT2D eigenvalue weighted by Crippen LogP contribution is -2.08. The van der Waals surface area contributed by atoms with E-state index in [0.717, 1.165) is 10.4 Å². The maximum absolute atomic E-state index is 12.1. The van der Waals surface area contributed by atoms with Crippen LogP contribution in [0.4, 0.5) is 0 Å². The Hall–Kier alpha value is -2.43. The third-order valence-corrected chi connectivity index (χ3v) is 4.47. The molecular formula is C19H14ClNO2S. The zero-order valence-electron chi connectivity index (χ0n) is 12.7. The standard InChI is InChI=1S/C19H14ClNO2S/c20-16-9-4-8-15(13-16)19(22)23-21-17(18-10-5-11-24-18)12-14-6-2-1-3-7-14/h1-11,13H,12H2/b21-17+. The van der Waals surface area contributed by atoms with E-state index in [4.69, 9.17) is 16.4 Å². The van der Waals surface area contributed by atoms with E-state index in [9.17, 15) is 4.79 Å². The monoisotopic (exact) mass is 355 g/mol. The Morgan fingerprint density at radius 3 is 2.58 bits per heavy atom. The summed E-state index contributed by atoms with van der Waals surface area (Å²) in [7, 11) is 0. The van der Waals surface area contributed by atoms with E-state index < -0.39 is 5.97 Å². The summed E-state index contributed by atoms with van der Waals surface area (Å²) in [6.45, 7) is 0. The topological polar surface area (TPSA) is 38.7 Å². The van der Waals surface area contributed by atoms with Gasteiger partial charge < -0.3 is 4.84 Å². The van der Waals surface area contributed by atoms with Gasteiger partial charge >= 0.3 is 5.97 Å². The molecule has 0 radical (unpaired) electrons. The van der Waals surface area contributed by atoms with Crippen LogP contribution in [0.5, 0.6) is 0 Å². The van der Waals surface area contributed by atoms with E-state index >= 15 is 0 Å².